The molecule has 0 saturated carbocycles. The van der Waals surface area contributed by atoms with Crippen LogP contribution in [0.15, 0.2) is 18.2 Å². The fourth-order valence-electron chi connectivity index (χ4n) is 1.47. The Morgan fingerprint density at radius 2 is 1.88 bits per heavy atom. The van der Waals surface area contributed by atoms with Crippen molar-refractivity contribution in [2.45, 2.75) is 33.6 Å². The van der Waals surface area contributed by atoms with E-state index < -0.39 is 12.9 Å². The molecule has 0 fully saturated rings. The average molecular weight is 224 g/mol. The summed E-state index contributed by atoms with van der Waals surface area (Å²) < 4.78 is 13.2. The molecule has 0 heterocycles. The highest BCUT2D eigenvalue weighted by Crippen LogP contribution is 2.21. The molecule has 0 spiro atoms. The van der Waals surface area contributed by atoms with Crippen LogP contribution < -0.4 is 5.46 Å². The molecule has 0 aliphatic carbocycles. The van der Waals surface area contributed by atoms with Crippen LogP contribution in [0.4, 0.5) is 4.39 Å². The minimum Gasteiger partial charge on any atom is -0.423 e. The fraction of sp³-hybridized carbons (Fsp3) is 0.500. The predicted octanol–water partition coefficient (Wildman–Crippen LogP) is 1.48. The van der Waals surface area contributed by atoms with Crippen LogP contribution >= 0.6 is 0 Å². The Balaban J connectivity index is 2.79. The second-order valence-electron chi connectivity index (χ2n) is 5.29. The summed E-state index contributed by atoms with van der Waals surface area (Å²) in [5.74, 6) is -0.575. The summed E-state index contributed by atoms with van der Waals surface area (Å²) in [6.07, 6.45) is 1.78. The largest absolute Gasteiger partial charge is 0.491 e. The number of benzene rings is 1. The van der Waals surface area contributed by atoms with Crippen molar-refractivity contribution >= 4 is 12.6 Å². The molecule has 0 saturated heterocycles. The third-order valence-electron chi connectivity index (χ3n) is 2.50. The van der Waals surface area contributed by atoms with Crippen LogP contribution in [0.2, 0.25) is 0 Å². The van der Waals surface area contributed by atoms with Gasteiger partial charge >= 0.3 is 7.12 Å². The maximum Gasteiger partial charge on any atom is 0.491 e. The summed E-state index contributed by atoms with van der Waals surface area (Å²) >= 11 is 0. The first kappa shape index (κ1) is 13.2. The van der Waals surface area contributed by atoms with E-state index in [4.69, 9.17) is 10.0 Å². The van der Waals surface area contributed by atoms with Crippen LogP contribution in [0.25, 0.3) is 0 Å². The zero-order chi connectivity index (χ0) is 12.3. The van der Waals surface area contributed by atoms with Crippen molar-refractivity contribution in [3.63, 3.8) is 0 Å². The minimum atomic E-state index is -1.74. The highest BCUT2D eigenvalue weighted by Gasteiger charge is 2.17. The van der Waals surface area contributed by atoms with E-state index in [0.717, 1.165) is 18.4 Å². The molecule has 0 aromatic heterocycles. The molecule has 0 bridgehead atoms. The van der Waals surface area contributed by atoms with Gasteiger partial charge in [0.2, 0.25) is 0 Å². The summed E-state index contributed by atoms with van der Waals surface area (Å²) in [6.45, 7) is 6.41. The average Bonchev–Trinajstić information content (AvgIpc) is 2.14. The van der Waals surface area contributed by atoms with Crippen molar-refractivity contribution < 1.29 is 14.4 Å². The van der Waals surface area contributed by atoms with Crippen LogP contribution in [-0.2, 0) is 6.42 Å². The Morgan fingerprint density at radius 1 is 1.25 bits per heavy atom. The van der Waals surface area contributed by atoms with Gasteiger partial charge in [0.15, 0.2) is 0 Å². The summed E-state index contributed by atoms with van der Waals surface area (Å²) in [5.41, 5.74) is 1.10. The Morgan fingerprint density at radius 3 is 2.38 bits per heavy atom. The summed E-state index contributed by atoms with van der Waals surface area (Å²) in [4.78, 5) is 0. The molecule has 1 aromatic rings. The zero-order valence-electron chi connectivity index (χ0n) is 10.00. The third kappa shape index (κ3) is 3.95. The number of aryl methyl sites for hydroxylation is 1. The van der Waals surface area contributed by atoms with Crippen molar-refractivity contribution in [3.05, 3.63) is 29.6 Å². The normalized spacial score (nSPS) is 11.6. The van der Waals surface area contributed by atoms with E-state index in [0.29, 0.717) is 0 Å². The molecular formula is C12H18BFO2. The zero-order valence-corrected chi connectivity index (χ0v) is 10.00. The van der Waals surface area contributed by atoms with E-state index in [1.54, 1.807) is 6.07 Å². The maximum atomic E-state index is 13.2. The first-order chi connectivity index (χ1) is 7.29. The van der Waals surface area contributed by atoms with Crippen molar-refractivity contribution in [1.82, 2.24) is 0 Å². The summed E-state index contributed by atoms with van der Waals surface area (Å²) in [6, 6.07) is 4.49. The second-order valence-corrected chi connectivity index (χ2v) is 5.29. The predicted molar refractivity (Wildman–Crippen MR) is 64.0 cm³/mol. The van der Waals surface area contributed by atoms with Crippen molar-refractivity contribution in [3.8, 4) is 0 Å². The molecule has 1 rings (SSSR count). The van der Waals surface area contributed by atoms with E-state index in [2.05, 4.69) is 20.8 Å². The summed E-state index contributed by atoms with van der Waals surface area (Å²) in [7, 11) is -1.74. The van der Waals surface area contributed by atoms with E-state index in [1.165, 1.54) is 12.1 Å². The number of halogens is 1. The SMILES string of the molecule is CC(C)(C)CCc1ccc(F)c(B(O)O)c1. The molecule has 0 amide bonds. The smallest absolute Gasteiger partial charge is 0.423 e. The van der Waals surface area contributed by atoms with Crippen LogP contribution in [0.1, 0.15) is 32.8 Å². The topological polar surface area (TPSA) is 40.5 Å². The second kappa shape index (κ2) is 4.98. The molecule has 0 radical (unpaired) electrons. The van der Waals surface area contributed by atoms with Crippen LogP contribution in [0.3, 0.4) is 0 Å². The highest BCUT2D eigenvalue weighted by molar-refractivity contribution is 6.58. The van der Waals surface area contributed by atoms with Gasteiger partial charge in [-0.15, -0.1) is 0 Å². The van der Waals surface area contributed by atoms with Crippen molar-refractivity contribution in [2.75, 3.05) is 0 Å². The van der Waals surface area contributed by atoms with E-state index in [-0.39, 0.29) is 10.9 Å². The Bertz CT molecular complexity index is 359. The van der Waals surface area contributed by atoms with E-state index in [9.17, 15) is 4.39 Å². The highest BCUT2D eigenvalue weighted by atomic mass is 19.1. The van der Waals surface area contributed by atoms with Gasteiger partial charge in [0.1, 0.15) is 5.82 Å². The van der Waals surface area contributed by atoms with Crippen molar-refractivity contribution in [1.29, 1.82) is 0 Å². The number of hydrogen-bond acceptors (Lipinski definition) is 2. The van der Waals surface area contributed by atoms with Crippen LogP contribution in [0, 0.1) is 11.2 Å². The van der Waals surface area contributed by atoms with Gasteiger partial charge in [-0.1, -0.05) is 32.9 Å². The lowest BCUT2D eigenvalue weighted by Crippen LogP contribution is -2.33. The molecule has 0 unspecified atom stereocenters. The Kier molecular flexibility index (Phi) is 4.11. The van der Waals surface area contributed by atoms with Gasteiger partial charge in [-0.05, 0) is 29.9 Å². The Labute approximate surface area is 96.3 Å². The molecule has 2 nitrogen and oxygen atoms in total. The molecule has 88 valence electrons. The van der Waals surface area contributed by atoms with Gasteiger partial charge in [-0.3, -0.25) is 0 Å². The van der Waals surface area contributed by atoms with Gasteiger partial charge in [0.05, 0.1) is 0 Å². The van der Waals surface area contributed by atoms with Gasteiger partial charge < -0.3 is 10.0 Å². The molecule has 1 aromatic carbocycles. The van der Waals surface area contributed by atoms with Gasteiger partial charge in [0.25, 0.3) is 0 Å². The van der Waals surface area contributed by atoms with Crippen molar-refractivity contribution in [2.24, 2.45) is 5.41 Å². The minimum absolute atomic E-state index is 0.0496. The molecule has 4 heteroatoms. The standard InChI is InChI=1S/C12H18BFO2/c1-12(2,3)7-6-9-4-5-11(14)10(8-9)13(15)16/h4-5,8,15-16H,6-7H2,1-3H3. The number of hydrogen-bond donors (Lipinski definition) is 2. The lowest BCUT2D eigenvalue weighted by molar-refractivity contribution is 0.378. The van der Waals surface area contributed by atoms with Gasteiger partial charge in [0, 0.05) is 5.46 Å². The molecule has 0 atom stereocenters. The first-order valence-corrected chi connectivity index (χ1v) is 5.44. The van der Waals surface area contributed by atoms with Crippen LogP contribution in [-0.4, -0.2) is 17.2 Å². The molecule has 16 heavy (non-hydrogen) atoms. The molecular weight excluding hydrogens is 206 g/mol. The van der Waals surface area contributed by atoms with Crippen LogP contribution in [0.5, 0.6) is 0 Å². The number of rotatable bonds is 3. The molecule has 0 aliphatic heterocycles. The summed E-state index contributed by atoms with van der Waals surface area (Å²) in [5, 5.41) is 17.9. The Hall–Kier alpha value is -0.865. The quantitative estimate of drug-likeness (QED) is 0.763. The lowest BCUT2D eigenvalue weighted by Gasteiger charge is -2.18. The van der Waals surface area contributed by atoms with E-state index in [1.807, 2.05) is 0 Å². The lowest BCUT2D eigenvalue weighted by atomic mass is 9.78. The van der Waals surface area contributed by atoms with Gasteiger partial charge in [-0.25, -0.2) is 4.39 Å². The maximum absolute atomic E-state index is 13.2. The van der Waals surface area contributed by atoms with Gasteiger partial charge in [-0.2, -0.15) is 0 Å². The first-order valence-electron chi connectivity index (χ1n) is 5.44. The fourth-order valence-corrected chi connectivity index (χ4v) is 1.47. The molecule has 2 N–H and O–H groups in total. The monoisotopic (exact) mass is 224 g/mol. The molecule has 0 aliphatic rings. The van der Waals surface area contributed by atoms with E-state index >= 15 is 0 Å². The third-order valence-corrected chi connectivity index (χ3v) is 2.50.